The Bertz CT molecular complexity index is 1290. The Labute approximate surface area is 217 Å². The molecule has 4 rings (SSSR count). The first-order valence-corrected chi connectivity index (χ1v) is 13.6. The molecule has 0 aliphatic carbocycles. The van der Waals surface area contributed by atoms with Gasteiger partial charge in [-0.15, -0.1) is 0 Å². The molecule has 198 valence electrons. The van der Waals surface area contributed by atoms with Crippen molar-refractivity contribution in [2.24, 2.45) is 0 Å². The number of hydrogen-bond donors (Lipinski definition) is 0. The van der Waals surface area contributed by atoms with Crippen LogP contribution < -0.4 is 14.2 Å². The molecule has 37 heavy (non-hydrogen) atoms. The highest BCUT2D eigenvalue weighted by atomic mass is 32.2. The van der Waals surface area contributed by atoms with Gasteiger partial charge in [0.15, 0.2) is 0 Å². The van der Waals surface area contributed by atoms with E-state index < -0.39 is 10.0 Å². The maximum absolute atomic E-state index is 13.9. The van der Waals surface area contributed by atoms with Gasteiger partial charge in [0, 0.05) is 32.2 Å². The number of benzene rings is 3. The summed E-state index contributed by atoms with van der Waals surface area (Å²) in [7, 11) is -1.04. The molecule has 0 saturated carbocycles. The molecule has 1 aliphatic rings. The molecule has 0 aromatic heterocycles. The van der Waals surface area contributed by atoms with Gasteiger partial charge in [-0.05, 0) is 54.3 Å². The van der Waals surface area contributed by atoms with E-state index in [-0.39, 0.29) is 35.7 Å². The van der Waals surface area contributed by atoms with Crippen molar-refractivity contribution in [1.82, 2.24) is 4.31 Å². The smallest absolute Gasteiger partial charge is 0.247 e. The molecule has 7 nitrogen and oxygen atoms in total. The second-order valence-corrected chi connectivity index (χ2v) is 10.7. The molecule has 0 amide bonds. The van der Waals surface area contributed by atoms with E-state index in [0.29, 0.717) is 36.7 Å². The van der Waals surface area contributed by atoms with Crippen LogP contribution in [-0.4, -0.2) is 52.8 Å². The molecule has 1 aliphatic heterocycles. The maximum Gasteiger partial charge on any atom is 0.247 e. The lowest BCUT2D eigenvalue weighted by Crippen LogP contribution is -2.37. The van der Waals surface area contributed by atoms with Crippen molar-refractivity contribution in [1.29, 1.82) is 0 Å². The highest BCUT2D eigenvalue weighted by molar-refractivity contribution is 7.89. The first-order valence-electron chi connectivity index (χ1n) is 12.2. The van der Waals surface area contributed by atoms with Crippen molar-refractivity contribution in [3.05, 3.63) is 83.7 Å². The summed E-state index contributed by atoms with van der Waals surface area (Å²) in [6.45, 7) is 1.24. The summed E-state index contributed by atoms with van der Waals surface area (Å²) in [6, 6.07) is 18.6. The van der Waals surface area contributed by atoms with Gasteiger partial charge in [-0.2, -0.15) is 4.31 Å². The molecule has 1 fully saturated rings. The third-order valence-electron chi connectivity index (χ3n) is 6.28. The monoisotopic (exact) mass is 529 g/mol. The fraction of sp³-hybridized carbons (Fsp3) is 0.357. The van der Waals surface area contributed by atoms with Gasteiger partial charge in [0.05, 0.1) is 26.9 Å². The number of hydrogen-bond acceptors (Lipinski definition) is 6. The van der Waals surface area contributed by atoms with Crippen LogP contribution >= 0.6 is 0 Å². The van der Waals surface area contributed by atoms with E-state index in [9.17, 15) is 12.8 Å². The first kappa shape index (κ1) is 26.9. The van der Waals surface area contributed by atoms with E-state index >= 15 is 0 Å². The van der Waals surface area contributed by atoms with Crippen LogP contribution in [0.15, 0.2) is 71.6 Å². The fourth-order valence-electron chi connectivity index (χ4n) is 4.31. The molecule has 1 heterocycles. The van der Waals surface area contributed by atoms with E-state index in [1.807, 2.05) is 18.2 Å². The lowest BCUT2D eigenvalue weighted by molar-refractivity contribution is 0.0925. The Morgan fingerprint density at radius 2 is 1.84 bits per heavy atom. The van der Waals surface area contributed by atoms with Gasteiger partial charge >= 0.3 is 0 Å². The zero-order valence-corrected chi connectivity index (χ0v) is 21.9. The van der Waals surface area contributed by atoms with E-state index in [4.69, 9.17) is 18.9 Å². The number of ether oxygens (including phenoxy) is 4. The van der Waals surface area contributed by atoms with Crippen molar-refractivity contribution in [2.45, 2.75) is 36.8 Å². The van der Waals surface area contributed by atoms with Crippen LogP contribution in [0.2, 0.25) is 0 Å². The Hall–Kier alpha value is -3.14. The molecular weight excluding hydrogens is 497 g/mol. The van der Waals surface area contributed by atoms with E-state index in [1.54, 1.807) is 36.4 Å². The quantitative estimate of drug-likeness (QED) is 0.335. The molecule has 0 N–H and O–H groups in total. The van der Waals surface area contributed by atoms with E-state index in [0.717, 1.165) is 18.4 Å². The molecule has 3 aromatic rings. The highest BCUT2D eigenvalue weighted by Gasteiger charge is 2.32. The number of halogens is 1. The fourth-order valence-corrected chi connectivity index (χ4v) is 5.94. The second-order valence-electron chi connectivity index (χ2n) is 8.79. The first-order chi connectivity index (χ1) is 17.9. The lowest BCUT2D eigenvalue weighted by atomic mass is 10.1. The van der Waals surface area contributed by atoms with E-state index in [2.05, 4.69) is 0 Å². The zero-order valence-electron chi connectivity index (χ0n) is 21.1. The summed E-state index contributed by atoms with van der Waals surface area (Å²) in [6.07, 6.45) is 1.92. The normalized spacial score (nSPS) is 15.6. The van der Waals surface area contributed by atoms with Crippen LogP contribution in [0.3, 0.4) is 0 Å². The Kier molecular flexibility index (Phi) is 9.02. The van der Waals surface area contributed by atoms with Crippen molar-refractivity contribution < 1.29 is 31.8 Å². The molecule has 1 atom stereocenters. The van der Waals surface area contributed by atoms with Gasteiger partial charge in [0.25, 0.3) is 0 Å². The Morgan fingerprint density at radius 1 is 1.00 bits per heavy atom. The molecule has 1 saturated heterocycles. The number of methoxy groups -OCH3 is 2. The van der Waals surface area contributed by atoms with Crippen LogP contribution in [-0.2, 0) is 27.7 Å². The van der Waals surface area contributed by atoms with E-state index in [1.165, 1.54) is 30.7 Å². The van der Waals surface area contributed by atoms with Crippen LogP contribution in [0.4, 0.5) is 4.39 Å². The van der Waals surface area contributed by atoms with Crippen molar-refractivity contribution in [3.8, 4) is 17.2 Å². The van der Waals surface area contributed by atoms with Gasteiger partial charge in [0.2, 0.25) is 10.0 Å². The number of rotatable bonds is 12. The Morgan fingerprint density at radius 3 is 2.57 bits per heavy atom. The molecule has 0 unspecified atom stereocenters. The summed E-state index contributed by atoms with van der Waals surface area (Å²) in [5, 5.41) is 0. The van der Waals surface area contributed by atoms with Crippen LogP contribution in [0.5, 0.6) is 17.2 Å². The van der Waals surface area contributed by atoms with Crippen molar-refractivity contribution in [2.75, 3.05) is 34.0 Å². The summed E-state index contributed by atoms with van der Waals surface area (Å²) in [5.74, 6) is 0.982. The minimum atomic E-state index is -3.97. The standard InChI is InChI=1S/C28H32FNO6S/c1-33-23-12-13-27(34-2)28(18-23)37(31,32)30(20-25-10-6-15-35-25)19-21-7-5-9-24(17-21)36-16-14-22-8-3-4-11-26(22)29/h3-5,7-9,11-13,17-18,25H,6,10,14-16,19-20H2,1-2H3/t25-/m1/s1. The van der Waals surface area contributed by atoms with Gasteiger partial charge in [-0.1, -0.05) is 30.3 Å². The molecule has 0 bridgehead atoms. The van der Waals surface area contributed by atoms with Crippen LogP contribution in [0.25, 0.3) is 0 Å². The van der Waals surface area contributed by atoms with Crippen molar-refractivity contribution in [3.63, 3.8) is 0 Å². The van der Waals surface area contributed by atoms with Gasteiger partial charge in [0.1, 0.15) is 28.0 Å². The minimum Gasteiger partial charge on any atom is -0.497 e. The van der Waals surface area contributed by atoms with Gasteiger partial charge in [-0.25, -0.2) is 12.8 Å². The maximum atomic E-state index is 13.9. The largest absolute Gasteiger partial charge is 0.497 e. The SMILES string of the molecule is COc1ccc(OC)c(S(=O)(=O)N(Cc2cccc(OCCc3ccccc3F)c2)C[C@H]2CCCO2)c1. The predicted molar refractivity (Wildman–Crippen MR) is 138 cm³/mol. The average molecular weight is 530 g/mol. The lowest BCUT2D eigenvalue weighted by Gasteiger charge is -2.26. The Balaban J connectivity index is 1.55. The number of nitrogens with zero attached hydrogens (tertiary/aromatic N) is 1. The molecular formula is C28H32FNO6S. The highest BCUT2D eigenvalue weighted by Crippen LogP contribution is 2.32. The summed E-state index contributed by atoms with van der Waals surface area (Å²) >= 11 is 0. The third-order valence-corrected chi connectivity index (χ3v) is 8.11. The summed E-state index contributed by atoms with van der Waals surface area (Å²) < 4.78 is 65.4. The molecule has 9 heteroatoms. The predicted octanol–water partition coefficient (Wildman–Crippen LogP) is 4.83. The summed E-state index contributed by atoms with van der Waals surface area (Å²) in [4.78, 5) is 0.0321. The van der Waals surface area contributed by atoms with Gasteiger partial charge < -0.3 is 18.9 Å². The zero-order chi connectivity index (χ0) is 26.3. The van der Waals surface area contributed by atoms with Crippen molar-refractivity contribution >= 4 is 10.0 Å². The topological polar surface area (TPSA) is 74.3 Å². The van der Waals surface area contributed by atoms with Crippen LogP contribution in [0, 0.1) is 5.82 Å². The summed E-state index contributed by atoms with van der Waals surface area (Å²) in [5.41, 5.74) is 1.34. The molecule has 0 spiro atoms. The molecule has 0 radical (unpaired) electrons. The third kappa shape index (κ3) is 6.80. The average Bonchev–Trinajstić information content (AvgIpc) is 3.42. The van der Waals surface area contributed by atoms with Gasteiger partial charge in [-0.3, -0.25) is 0 Å². The molecule has 3 aromatic carbocycles. The van der Waals surface area contributed by atoms with Crippen LogP contribution in [0.1, 0.15) is 24.0 Å². The minimum absolute atomic E-state index is 0.0321. The second kappa shape index (κ2) is 12.4. The number of sulfonamides is 1.